The van der Waals surface area contributed by atoms with Crippen LogP contribution in [-0.4, -0.2) is 170 Å². The lowest BCUT2D eigenvalue weighted by atomic mass is 9.95. The second kappa shape index (κ2) is 48.3. The Balaban J connectivity index is 0.000000626. The van der Waals surface area contributed by atoms with Crippen LogP contribution in [0.4, 0.5) is 14.4 Å². The fourth-order valence-corrected chi connectivity index (χ4v) is 13.6. The summed E-state index contributed by atoms with van der Waals surface area (Å²) in [6, 6.07) is 60.9. The zero-order chi connectivity index (χ0) is 69.2. The van der Waals surface area contributed by atoms with Gasteiger partial charge in [0, 0.05) is 65.6 Å². The number of hydrogen-bond donors (Lipinski definition) is 3. The number of carbonyl (C=O) groups excluding carboxylic acids is 5. The van der Waals surface area contributed by atoms with Gasteiger partial charge < -0.3 is 34.5 Å². The number of nitrogens with zero attached hydrogens (tertiary/aromatic N) is 5. The lowest BCUT2D eigenvalue weighted by molar-refractivity contribution is -0.134. The van der Waals surface area contributed by atoms with Gasteiger partial charge in [0.05, 0.1) is 38.8 Å². The lowest BCUT2D eigenvalue weighted by Gasteiger charge is -2.28. The summed E-state index contributed by atoms with van der Waals surface area (Å²) in [6.07, 6.45) is 7.46. The van der Waals surface area contributed by atoms with Crippen molar-refractivity contribution in [2.24, 2.45) is 23.7 Å². The third-order valence-electron chi connectivity index (χ3n) is 16.5. The molecule has 5 amide bonds. The van der Waals surface area contributed by atoms with E-state index in [0.717, 1.165) is 69.6 Å². The first-order valence-electron chi connectivity index (χ1n) is 33.2. The first kappa shape index (κ1) is 90.4. The van der Waals surface area contributed by atoms with E-state index in [1.165, 1.54) is 50.4 Å². The van der Waals surface area contributed by atoms with Gasteiger partial charge in [0.1, 0.15) is 19.8 Å². The molecule has 5 saturated heterocycles. The minimum atomic E-state index is -1.07. The molecule has 0 bridgehead atoms. The molecule has 0 spiro atoms. The summed E-state index contributed by atoms with van der Waals surface area (Å²) >= 11 is 0. The highest BCUT2D eigenvalue weighted by Gasteiger charge is 2.45. The molecule has 5 fully saturated rings. The fourth-order valence-electron chi connectivity index (χ4n) is 12.1. The molecule has 5 heterocycles. The number of likely N-dealkylation sites (tertiary alicyclic amines) is 2. The van der Waals surface area contributed by atoms with Crippen molar-refractivity contribution >= 4 is 44.1 Å². The van der Waals surface area contributed by atoms with Gasteiger partial charge in [-0.1, -0.05) is 265 Å². The molecule has 0 aromatic heterocycles. The number of carboxylic acid groups (broad SMARTS) is 1. The lowest BCUT2D eigenvalue weighted by Crippen LogP contribution is -2.45. The number of ether oxygens (including phenoxy) is 4. The maximum atomic E-state index is 13.3. The largest absolute Gasteiger partial charge is 0.478 e. The molecule has 5 aliphatic rings. The van der Waals surface area contributed by atoms with E-state index in [-0.39, 0.29) is 98.2 Å². The highest BCUT2D eigenvalue weighted by Crippen LogP contribution is 2.30. The number of nitrogens with one attached hydrogen (secondary N) is 1. The third-order valence-corrected chi connectivity index (χ3v) is 17.9. The van der Waals surface area contributed by atoms with E-state index in [2.05, 4.69) is 120 Å². The number of aliphatic hydroxyl groups excluding tert-OH is 1. The molecule has 554 valence electrons. The molecule has 0 radical (unpaired) electrons. The molecule has 3 N–H and O–H groups in total. The molecule has 7 atom stereocenters. The smallest absolute Gasteiger partial charge is 0.417 e. The number of aliphatic hydroxyl groups is 1. The predicted octanol–water partition coefficient (Wildman–Crippen LogP) is 15.4. The molecular formula is C82H120N6O12Si. The maximum Gasteiger partial charge on any atom is 0.417 e. The van der Waals surface area contributed by atoms with E-state index in [1.54, 1.807) is 27.0 Å². The number of methoxy groups -OCH3 is 1. The van der Waals surface area contributed by atoms with Gasteiger partial charge in [-0.2, -0.15) is 0 Å². The standard InChI is InChI=1S/C23H26N2O3.C14H15NO3.C13H23NOSi.C13H19NO.C10H11NO2.C4H6O2.5CH4/c1-17-13-24(14-19-10-6-3-7-11-19)15-21(17)22(26)25-20(16-28-23(25)27)12-18-8-4-2-5-9-18;1-2-6-13(16)15-12(10-18-14(15)17)9-11-7-4-3-5-8-11;1-15-11-14(12-16(2,3)4)10-13-8-6-5-7-9-13;1-11-7-14(9-13(11)10-15)8-12-5-3-2-4-6-12;12-10-11-9(7-13-10)6-8-4-2-1-3-5-8;1-2-3-4(5)6;;;;;/h2-11,17,20-21H,12-16H2,1H3;2-8,12H,9-10H2,1H3;5-9H,10-12H2,1-4H3;2-6,11,13,15H,7-10H2,1H3;1-5,9H,6-7H2,(H,11,12);2-3H,1H3,(H,5,6);5*1H4/b;6-2+;;;;3-2+;;;;;. The maximum absolute atomic E-state index is 13.3. The van der Waals surface area contributed by atoms with Crippen LogP contribution in [0.25, 0.3) is 0 Å². The molecule has 6 aromatic rings. The van der Waals surface area contributed by atoms with Crippen LogP contribution in [0.1, 0.15) is 98.2 Å². The number of allylic oxidation sites excluding steroid dienone is 2. The molecule has 18 nitrogen and oxygen atoms in total. The van der Waals surface area contributed by atoms with E-state index in [4.69, 9.17) is 24.1 Å². The van der Waals surface area contributed by atoms with Crippen LogP contribution in [0.2, 0.25) is 19.6 Å². The Morgan fingerprint density at radius 1 is 0.545 bits per heavy atom. The Morgan fingerprint density at radius 3 is 1.34 bits per heavy atom. The number of rotatable bonds is 20. The minimum absolute atomic E-state index is 0. The van der Waals surface area contributed by atoms with E-state index in [1.807, 2.05) is 115 Å². The number of benzene rings is 6. The Labute approximate surface area is 606 Å². The van der Waals surface area contributed by atoms with Crippen LogP contribution in [0.15, 0.2) is 206 Å². The molecular weight excluding hydrogens is 1290 g/mol. The number of carbonyl (C=O) groups is 6. The van der Waals surface area contributed by atoms with Crippen LogP contribution < -0.4 is 5.32 Å². The first-order chi connectivity index (χ1) is 46.2. The Bertz CT molecular complexity index is 3330. The van der Waals surface area contributed by atoms with Crippen molar-refractivity contribution in [2.75, 3.05) is 72.6 Å². The molecule has 6 aromatic carbocycles. The summed E-state index contributed by atoms with van der Waals surface area (Å²) in [5.74, 6) is -0.174. The van der Waals surface area contributed by atoms with Crippen molar-refractivity contribution in [1.29, 1.82) is 0 Å². The van der Waals surface area contributed by atoms with Crippen molar-refractivity contribution in [3.8, 4) is 0 Å². The van der Waals surface area contributed by atoms with Crippen molar-refractivity contribution in [3.63, 3.8) is 0 Å². The van der Waals surface area contributed by atoms with E-state index >= 15 is 0 Å². The molecule has 0 aliphatic carbocycles. The topological polar surface area (TPSA) is 208 Å². The van der Waals surface area contributed by atoms with E-state index in [9.17, 15) is 33.9 Å². The van der Waals surface area contributed by atoms with Crippen molar-refractivity contribution in [1.82, 2.24) is 29.8 Å². The number of imide groups is 2. The van der Waals surface area contributed by atoms with Crippen molar-refractivity contribution in [3.05, 3.63) is 240 Å². The monoisotopic (exact) mass is 1410 g/mol. The third kappa shape index (κ3) is 32.3. The number of hydrogen-bond acceptors (Lipinski definition) is 14. The zero-order valence-corrected chi connectivity index (χ0v) is 58.2. The van der Waals surface area contributed by atoms with Gasteiger partial charge in [-0.25, -0.2) is 29.0 Å². The van der Waals surface area contributed by atoms with Crippen LogP contribution >= 0.6 is 0 Å². The van der Waals surface area contributed by atoms with Crippen LogP contribution in [0, 0.1) is 23.7 Å². The molecule has 5 aliphatic heterocycles. The van der Waals surface area contributed by atoms with Crippen LogP contribution in [-0.2, 0) is 72.2 Å². The fraction of sp³-hybridized carbons (Fsp3) is 0.439. The van der Waals surface area contributed by atoms with E-state index < -0.39 is 26.2 Å². The number of alkyl carbamates (subject to hydrolysis) is 1. The SMILES string of the molecule is C.C.C.C.C.C/C=C/C(=O)N1C(=O)OCC1Cc1ccccc1.C/C=C/C(=O)O.CC1CN(Cc2ccccc2)CC1C(=O)N1C(=O)OCC1Cc1ccccc1.CC1CN(Cc2ccccc2)CC1CO.COCN(Cc1ccccc1)C[Si](C)(C)C.O=C1NC(Cc2ccccc2)CO1. The molecule has 11 rings (SSSR count). The molecule has 101 heavy (non-hydrogen) atoms. The summed E-state index contributed by atoms with van der Waals surface area (Å²) in [6.45, 7) is 23.5. The number of cyclic esters (lactones) is 3. The normalized spacial score (nSPS) is 19.6. The van der Waals surface area contributed by atoms with Gasteiger partial charge in [0.25, 0.3) is 5.91 Å². The Morgan fingerprint density at radius 2 is 0.950 bits per heavy atom. The highest BCUT2D eigenvalue weighted by molar-refractivity contribution is 6.76. The van der Waals surface area contributed by atoms with Crippen LogP contribution in [0.5, 0.6) is 0 Å². The molecule has 0 saturated carbocycles. The average molecular weight is 1410 g/mol. The van der Waals surface area contributed by atoms with Crippen LogP contribution in [0.3, 0.4) is 0 Å². The molecule has 19 heteroatoms. The summed E-state index contributed by atoms with van der Waals surface area (Å²) in [5.41, 5.74) is 7.37. The highest BCUT2D eigenvalue weighted by atomic mass is 28.3. The Hall–Kier alpha value is -8.56. The van der Waals surface area contributed by atoms with Crippen molar-refractivity contribution in [2.45, 2.75) is 141 Å². The number of aliphatic carboxylic acids is 1. The Kier molecular flexibility index (Phi) is 43.3. The zero-order valence-electron chi connectivity index (χ0n) is 57.2. The second-order valence-electron chi connectivity index (χ2n) is 26.0. The number of amides is 5. The van der Waals surface area contributed by atoms with Gasteiger partial charge in [-0.3, -0.25) is 24.3 Å². The van der Waals surface area contributed by atoms with Gasteiger partial charge in [0.15, 0.2) is 0 Å². The first-order valence-corrected chi connectivity index (χ1v) is 36.9. The van der Waals surface area contributed by atoms with Crippen molar-refractivity contribution < 1.29 is 57.9 Å². The summed E-state index contributed by atoms with van der Waals surface area (Å²) < 4.78 is 20.2. The minimum Gasteiger partial charge on any atom is -0.478 e. The second-order valence-corrected chi connectivity index (χ2v) is 31.5. The number of carboxylic acids is 1. The summed E-state index contributed by atoms with van der Waals surface area (Å²) in [4.78, 5) is 78.8. The van der Waals surface area contributed by atoms with Gasteiger partial charge in [-0.15, -0.1) is 0 Å². The van der Waals surface area contributed by atoms with Gasteiger partial charge >= 0.3 is 24.2 Å². The summed E-state index contributed by atoms with van der Waals surface area (Å²) in [5, 5.41) is 19.8. The predicted molar refractivity (Wildman–Crippen MR) is 411 cm³/mol. The average Bonchev–Trinajstić information content (AvgIpc) is 1.66. The van der Waals surface area contributed by atoms with Gasteiger partial charge in [-0.05, 0) is 96.5 Å². The molecule has 7 unspecified atom stereocenters. The quantitative estimate of drug-likeness (QED) is 0.0281. The summed E-state index contributed by atoms with van der Waals surface area (Å²) in [7, 11) is 0.701. The van der Waals surface area contributed by atoms with Gasteiger partial charge in [0.2, 0.25) is 5.91 Å². The van der Waals surface area contributed by atoms with E-state index in [0.29, 0.717) is 44.4 Å².